The van der Waals surface area contributed by atoms with E-state index in [1.54, 1.807) is 6.08 Å². The van der Waals surface area contributed by atoms with Gasteiger partial charge in [-0.3, -0.25) is 9.59 Å². The third-order valence-electron chi connectivity index (χ3n) is 8.83. The van der Waals surface area contributed by atoms with Crippen molar-refractivity contribution in [2.75, 3.05) is 13.2 Å². The summed E-state index contributed by atoms with van der Waals surface area (Å²) in [6, 6.07) is 7.75. The lowest BCUT2D eigenvalue weighted by Gasteiger charge is -2.30. The van der Waals surface area contributed by atoms with Gasteiger partial charge >= 0.3 is 12.1 Å². The van der Waals surface area contributed by atoms with Crippen LogP contribution < -0.4 is 16.0 Å². The highest BCUT2D eigenvalue weighted by molar-refractivity contribution is 5.86. The van der Waals surface area contributed by atoms with Crippen LogP contribution in [0.1, 0.15) is 89.0 Å². The molecule has 0 bridgehead atoms. The molecule has 1 aromatic rings. The van der Waals surface area contributed by atoms with Gasteiger partial charge in [-0.1, -0.05) is 87.4 Å². The molecule has 3 atom stereocenters. The second-order valence-electron chi connectivity index (χ2n) is 12.5. The third kappa shape index (κ3) is 12.3. The van der Waals surface area contributed by atoms with E-state index in [2.05, 4.69) is 29.1 Å². The molecule has 2 saturated carbocycles. The zero-order valence-corrected chi connectivity index (χ0v) is 26.5. The van der Waals surface area contributed by atoms with Crippen molar-refractivity contribution in [2.24, 2.45) is 11.8 Å². The lowest BCUT2D eigenvalue weighted by atomic mass is 9.84. The van der Waals surface area contributed by atoms with Gasteiger partial charge in [-0.25, -0.2) is 9.59 Å². The highest BCUT2D eigenvalue weighted by Crippen LogP contribution is 2.30. The minimum atomic E-state index is -0.997. The van der Waals surface area contributed by atoms with Crippen LogP contribution in [-0.4, -0.2) is 59.8 Å². The Labute approximate surface area is 267 Å². The SMILES string of the molecule is C=CC[C@H](CC(=O)NC1(CO)CCCC1)C(=O)N[C@H](COC(=O)[C@@H](CC=C)NC(=O)OCc1ccccc1)CC1CCCCC1. The van der Waals surface area contributed by atoms with Crippen LogP contribution in [0.5, 0.6) is 0 Å². The Morgan fingerprint density at radius 2 is 1.62 bits per heavy atom. The topological polar surface area (TPSA) is 143 Å². The molecule has 2 aliphatic carbocycles. The molecular weight excluding hydrogens is 574 g/mol. The van der Waals surface area contributed by atoms with Crippen LogP contribution in [0.4, 0.5) is 4.79 Å². The number of esters is 1. The van der Waals surface area contributed by atoms with Gasteiger partial charge in [0, 0.05) is 6.42 Å². The highest BCUT2D eigenvalue weighted by atomic mass is 16.6. The minimum absolute atomic E-state index is 0.0358. The summed E-state index contributed by atoms with van der Waals surface area (Å²) >= 11 is 0. The highest BCUT2D eigenvalue weighted by Gasteiger charge is 2.36. The quantitative estimate of drug-likeness (QED) is 0.135. The minimum Gasteiger partial charge on any atom is -0.462 e. The Morgan fingerprint density at radius 3 is 2.27 bits per heavy atom. The first-order valence-electron chi connectivity index (χ1n) is 16.4. The Balaban J connectivity index is 1.60. The van der Waals surface area contributed by atoms with Crippen LogP contribution in [0, 0.1) is 11.8 Å². The zero-order chi connectivity index (χ0) is 32.5. The maximum absolute atomic E-state index is 13.5. The van der Waals surface area contributed by atoms with Gasteiger partial charge in [-0.15, -0.1) is 13.2 Å². The summed E-state index contributed by atoms with van der Waals surface area (Å²) in [7, 11) is 0. The van der Waals surface area contributed by atoms with Crippen molar-refractivity contribution in [1.29, 1.82) is 0 Å². The van der Waals surface area contributed by atoms with Crippen molar-refractivity contribution >= 4 is 23.9 Å². The number of carbonyl (C=O) groups is 4. The zero-order valence-electron chi connectivity index (χ0n) is 26.5. The molecule has 0 heterocycles. The van der Waals surface area contributed by atoms with Gasteiger partial charge in [-0.05, 0) is 43.6 Å². The fourth-order valence-corrected chi connectivity index (χ4v) is 6.31. The van der Waals surface area contributed by atoms with Crippen LogP contribution in [0.3, 0.4) is 0 Å². The van der Waals surface area contributed by atoms with Gasteiger partial charge in [0.2, 0.25) is 11.8 Å². The molecule has 1 aromatic carbocycles. The number of rotatable bonds is 18. The van der Waals surface area contributed by atoms with E-state index in [9.17, 15) is 24.3 Å². The Hall–Kier alpha value is -3.66. The number of benzene rings is 1. The van der Waals surface area contributed by atoms with Crippen LogP contribution in [-0.2, 0) is 30.5 Å². The monoisotopic (exact) mass is 625 g/mol. The van der Waals surface area contributed by atoms with Crippen LogP contribution in [0.25, 0.3) is 0 Å². The smallest absolute Gasteiger partial charge is 0.408 e. The number of alkyl carbamates (subject to hydrolysis) is 1. The molecule has 0 spiro atoms. The molecule has 0 aromatic heterocycles. The average Bonchev–Trinajstić information content (AvgIpc) is 3.51. The number of aliphatic hydroxyl groups excluding tert-OH is 1. The predicted octanol–water partition coefficient (Wildman–Crippen LogP) is 4.86. The normalized spacial score (nSPS) is 18.1. The van der Waals surface area contributed by atoms with Crippen molar-refractivity contribution in [3.05, 3.63) is 61.2 Å². The molecule has 10 nitrogen and oxygen atoms in total. The summed E-state index contributed by atoms with van der Waals surface area (Å²) in [5, 5.41) is 18.5. The van der Waals surface area contributed by atoms with Gasteiger partial charge in [0.15, 0.2) is 0 Å². The van der Waals surface area contributed by atoms with E-state index in [4.69, 9.17) is 9.47 Å². The van der Waals surface area contributed by atoms with E-state index in [1.165, 1.54) is 12.5 Å². The molecule has 4 N–H and O–H groups in total. The second kappa shape index (κ2) is 19.0. The fourth-order valence-electron chi connectivity index (χ4n) is 6.31. The molecule has 45 heavy (non-hydrogen) atoms. The van der Waals surface area contributed by atoms with E-state index in [0.29, 0.717) is 18.8 Å². The molecule has 0 unspecified atom stereocenters. The van der Waals surface area contributed by atoms with Gasteiger partial charge in [0.25, 0.3) is 0 Å². The van der Waals surface area contributed by atoms with Crippen LogP contribution in [0.2, 0.25) is 0 Å². The van der Waals surface area contributed by atoms with Gasteiger partial charge in [-0.2, -0.15) is 0 Å². The first-order valence-corrected chi connectivity index (χ1v) is 16.4. The Morgan fingerprint density at radius 1 is 0.933 bits per heavy atom. The molecule has 0 radical (unpaired) electrons. The molecule has 3 rings (SSSR count). The predicted molar refractivity (Wildman–Crippen MR) is 172 cm³/mol. The molecule has 0 saturated heterocycles. The molecule has 10 heteroatoms. The summed E-state index contributed by atoms with van der Waals surface area (Å²) in [5.41, 5.74) is 0.198. The lowest BCUT2D eigenvalue weighted by molar-refractivity contribution is -0.147. The maximum atomic E-state index is 13.5. The van der Waals surface area contributed by atoms with Crippen molar-refractivity contribution in [3.8, 4) is 0 Å². The number of hydrogen-bond acceptors (Lipinski definition) is 7. The molecule has 0 aliphatic heterocycles. The number of hydrogen-bond donors (Lipinski definition) is 4. The summed E-state index contributed by atoms with van der Waals surface area (Å²) in [4.78, 5) is 52.0. The Kier molecular flexibility index (Phi) is 15.1. The Bertz CT molecular complexity index is 1110. The van der Waals surface area contributed by atoms with Gasteiger partial charge in [0.05, 0.1) is 24.1 Å². The van der Waals surface area contributed by atoms with Crippen LogP contribution in [0.15, 0.2) is 55.6 Å². The molecular formula is C35H51N3O7. The fraction of sp³-hybridized carbons (Fsp3) is 0.600. The van der Waals surface area contributed by atoms with E-state index in [1.807, 2.05) is 30.3 Å². The van der Waals surface area contributed by atoms with E-state index in [-0.39, 0.29) is 44.5 Å². The lowest BCUT2D eigenvalue weighted by Crippen LogP contribution is -2.50. The summed E-state index contributed by atoms with van der Waals surface area (Å²) in [6.07, 6.45) is 12.2. The number of ether oxygens (including phenoxy) is 2. The number of carbonyl (C=O) groups excluding carboxylic acids is 4. The van der Waals surface area contributed by atoms with Crippen molar-refractivity contribution in [2.45, 2.75) is 108 Å². The average molecular weight is 626 g/mol. The number of aliphatic hydroxyl groups is 1. The number of nitrogens with one attached hydrogen (secondary N) is 3. The van der Waals surface area contributed by atoms with Gasteiger partial charge < -0.3 is 30.5 Å². The summed E-state index contributed by atoms with van der Waals surface area (Å²) in [6.45, 7) is 7.32. The molecule has 248 valence electrons. The number of allylic oxidation sites excluding steroid dienone is 1. The van der Waals surface area contributed by atoms with Crippen molar-refractivity contribution in [3.63, 3.8) is 0 Å². The van der Waals surface area contributed by atoms with E-state index >= 15 is 0 Å². The second-order valence-corrected chi connectivity index (χ2v) is 12.5. The summed E-state index contributed by atoms with van der Waals surface area (Å²) in [5.74, 6) is -1.51. The van der Waals surface area contributed by atoms with Crippen LogP contribution >= 0.6 is 0 Å². The van der Waals surface area contributed by atoms with E-state index < -0.39 is 35.6 Å². The molecule has 3 amide bonds. The molecule has 2 fully saturated rings. The van der Waals surface area contributed by atoms with Gasteiger partial charge in [0.1, 0.15) is 19.3 Å². The van der Waals surface area contributed by atoms with Crippen molar-refractivity contribution < 1.29 is 33.8 Å². The summed E-state index contributed by atoms with van der Waals surface area (Å²) < 4.78 is 10.9. The first-order chi connectivity index (χ1) is 21.8. The standard InChI is InChI=1S/C35H51N3O7/c1-3-13-28(22-31(40)38-35(25-39)19-11-12-20-35)32(41)36-29(21-26-15-7-5-8-16-26)24-44-33(42)30(14-4-2)37-34(43)45-23-27-17-9-6-10-18-27/h3-4,6,9-10,17-18,26,28-30,39H,1-2,5,7-8,11-16,19-25H2,(H,36,41)(H,37,43)(H,38,40)/t28-,29+,30-/m1/s1. The molecule has 2 aliphatic rings. The largest absolute Gasteiger partial charge is 0.462 e. The first kappa shape index (κ1) is 35.8. The maximum Gasteiger partial charge on any atom is 0.408 e. The third-order valence-corrected chi connectivity index (χ3v) is 8.83. The van der Waals surface area contributed by atoms with E-state index in [0.717, 1.165) is 56.9 Å². The van der Waals surface area contributed by atoms with Crippen molar-refractivity contribution in [1.82, 2.24) is 16.0 Å². The number of amides is 3.